The number of hydrogen-bond acceptors (Lipinski definition) is 8. The minimum Gasteiger partial charge on any atom is -0.493 e. The van der Waals surface area contributed by atoms with E-state index in [4.69, 9.17) is 4.74 Å². The molecule has 29 heavy (non-hydrogen) atoms. The van der Waals surface area contributed by atoms with Crippen LogP contribution in [0.15, 0.2) is 57.8 Å². The SMILES string of the molecule is Cc1ccc(Nc2nnc(SCCOc3ccc(S(=O)(=O)N(C)C)cc3)s2)cc1. The third-order valence-electron chi connectivity index (χ3n) is 3.89. The molecule has 0 aliphatic rings. The van der Waals surface area contributed by atoms with Crippen molar-refractivity contribution in [1.82, 2.24) is 14.5 Å². The monoisotopic (exact) mass is 450 g/mol. The molecule has 3 aromatic rings. The highest BCUT2D eigenvalue weighted by atomic mass is 32.2. The van der Waals surface area contributed by atoms with E-state index in [1.807, 2.05) is 31.2 Å². The Bertz CT molecular complexity index is 1030. The molecule has 2 aromatic carbocycles. The van der Waals surface area contributed by atoms with Crippen molar-refractivity contribution >= 4 is 43.9 Å². The first kappa shape index (κ1) is 21.6. The van der Waals surface area contributed by atoms with Gasteiger partial charge in [-0.15, -0.1) is 10.2 Å². The second kappa shape index (κ2) is 9.57. The summed E-state index contributed by atoms with van der Waals surface area (Å²) in [4.78, 5) is 0.242. The van der Waals surface area contributed by atoms with Gasteiger partial charge in [0.15, 0.2) is 4.34 Å². The highest BCUT2D eigenvalue weighted by molar-refractivity contribution is 8.01. The molecule has 0 unspecified atom stereocenters. The number of sulfonamides is 1. The fourth-order valence-corrected chi connectivity index (χ4v) is 4.85. The van der Waals surface area contributed by atoms with Crippen LogP contribution in [0, 0.1) is 6.92 Å². The second-order valence-corrected chi connectivity index (χ2v) is 10.8. The van der Waals surface area contributed by atoms with Crippen LogP contribution in [0.25, 0.3) is 0 Å². The van der Waals surface area contributed by atoms with Crippen LogP contribution in [0.1, 0.15) is 5.56 Å². The summed E-state index contributed by atoms with van der Waals surface area (Å²) in [7, 11) is -0.411. The summed E-state index contributed by atoms with van der Waals surface area (Å²) >= 11 is 3.05. The molecule has 0 saturated heterocycles. The summed E-state index contributed by atoms with van der Waals surface area (Å²) in [6.45, 7) is 2.52. The minimum atomic E-state index is -3.42. The van der Waals surface area contributed by atoms with E-state index in [0.29, 0.717) is 18.1 Å². The number of rotatable bonds is 9. The standard InChI is InChI=1S/C19H22N4O3S3/c1-14-4-6-15(7-5-14)20-18-21-22-19(28-18)27-13-12-26-16-8-10-17(11-9-16)29(24,25)23(2)3/h4-11H,12-13H2,1-3H3,(H,20,21). The van der Waals surface area contributed by atoms with E-state index in [9.17, 15) is 8.42 Å². The molecule has 1 aromatic heterocycles. The summed E-state index contributed by atoms with van der Waals surface area (Å²) in [6, 6.07) is 14.5. The molecule has 7 nitrogen and oxygen atoms in total. The lowest BCUT2D eigenvalue weighted by atomic mass is 10.2. The molecule has 10 heteroatoms. The third-order valence-corrected chi connectivity index (χ3v) is 7.65. The molecule has 154 valence electrons. The summed E-state index contributed by atoms with van der Waals surface area (Å²) in [5, 5.41) is 12.3. The van der Waals surface area contributed by atoms with Crippen molar-refractivity contribution in [3.05, 3.63) is 54.1 Å². The number of benzene rings is 2. The molecule has 0 radical (unpaired) electrons. The van der Waals surface area contributed by atoms with Gasteiger partial charge in [-0.1, -0.05) is 40.8 Å². The van der Waals surface area contributed by atoms with E-state index in [-0.39, 0.29) is 4.90 Å². The van der Waals surface area contributed by atoms with E-state index in [2.05, 4.69) is 15.5 Å². The number of nitrogens with one attached hydrogen (secondary N) is 1. The Morgan fingerprint density at radius 2 is 1.76 bits per heavy atom. The van der Waals surface area contributed by atoms with Gasteiger partial charge in [0.25, 0.3) is 0 Å². The van der Waals surface area contributed by atoms with Gasteiger partial charge in [-0.3, -0.25) is 0 Å². The number of thioether (sulfide) groups is 1. The molecule has 0 fully saturated rings. The Labute approximate surface area is 179 Å². The van der Waals surface area contributed by atoms with Crippen LogP contribution in [-0.2, 0) is 10.0 Å². The Kier molecular flexibility index (Phi) is 7.12. The maximum atomic E-state index is 12.1. The largest absolute Gasteiger partial charge is 0.493 e. The van der Waals surface area contributed by atoms with Gasteiger partial charge in [-0.05, 0) is 43.3 Å². The lowest BCUT2D eigenvalue weighted by molar-refractivity contribution is 0.343. The van der Waals surface area contributed by atoms with Crippen molar-refractivity contribution in [2.24, 2.45) is 0 Å². The first-order valence-corrected chi connectivity index (χ1v) is 12.0. The van der Waals surface area contributed by atoms with Crippen molar-refractivity contribution in [3.63, 3.8) is 0 Å². The molecular formula is C19H22N4O3S3. The van der Waals surface area contributed by atoms with Crippen molar-refractivity contribution in [2.45, 2.75) is 16.2 Å². The van der Waals surface area contributed by atoms with Crippen LogP contribution in [0.3, 0.4) is 0 Å². The Balaban J connectivity index is 1.45. The average Bonchev–Trinajstić information content (AvgIpc) is 3.14. The number of nitrogens with zero attached hydrogens (tertiary/aromatic N) is 3. The zero-order chi connectivity index (χ0) is 20.9. The van der Waals surface area contributed by atoms with Gasteiger partial charge in [0.2, 0.25) is 15.2 Å². The molecule has 0 amide bonds. The summed E-state index contributed by atoms with van der Waals surface area (Å²) in [5.74, 6) is 1.33. The van der Waals surface area contributed by atoms with E-state index in [1.54, 1.807) is 36.0 Å². The maximum absolute atomic E-state index is 12.1. The summed E-state index contributed by atoms with van der Waals surface area (Å²) in [6.07, 6.45) is 0. The lowest BCUT2D eigenvalue weighted by Crippen LogP contribution is -2.22. The topological polar surface area (TPSA) is 84.4 Å². The van der Waals surface area contributed by atoms with Crippen LogP contribution < -0.4 is 10.1 Å². The summed E-state index contributed by atoms with van der Waals surface area (Å²) in [5.41, 5.74) is 2.18. The van der Waals surface area contributed by atoms with Gasteiger partial charge in [0, 0.05) is 25.5 Å². The smallest absolute Gasteiger partial charge is 0.242 e. The van der Waals surface area contributed by atoms with Gasteiger partial charge in [0.1, 0.15) is 5.75 Å². The molecule has 1 heterocycles. The van der Waals surface area contributed by atoms with Crippen molar-refractivity contribution in [1.29, 1.82) is 0 Å². The third kappa shape index (κ3) is 5.92. The van der Waals surface area contributed by atoms with Gasteiger partial charge in [-0.25, -0.2) is 12.7 Å². The Hall–Kier alpha value is -2.14. The fourth-order valence-electron chi connectivity index (χ4n) is 2.29. The average molecular weight is 451 g/mol. The molecule has 0 aliphatic heterocycles. The van der Waals surface area contributed by atoms with Gasteiger partial charge < -0.3 is 10.1 Å². The number of aromatic nitrogens is 2. The molecule has 3 rings (SSSR count). The quantitative estimate of drug-likeness (QED) is 0.389. The number of ether oxygens (including phenoxy) is 1. The number of aryl methyl sites for hydroxylation is 1. The number of hydrogen-bond donors (Lipinski definition) is 1. The van der Waals surface area contributed by atoms with Gasteiger partial charge >= 0.3 is 0 Å². The Morgan fingerprint density at radius 3 is 2.41 bits per heavy atom. The molecule has 0 bridgehead atoms. The van der Waals surface area contributed by atoms with Gasteiger partial charge in [0.05, 0.1) is 11.5 Å². The molecular weight excluding hydrogens is 428 g/mol. The summed E-state index contributed by atoms with van der Waals surface area (Å²) < 4.78 is 31.8. The predicted octanol–water partition coefficient (Wildman–Crippen LogP) is 4.01. The van der Waals surface area contributed by atoms with Crippen molar-refractivity contribution < 1.29 is 13.2 Å². The van der Waals surface area contributed by atoms with Gasteiger partial charge in [-0.2, -0.15) is 0 Å². The molecule has 0 saturated carbocycles. The van der Waals surface area contributed by atoms with E-state index in [0.717, 1.165) is 15.2 Å². The second-order valence-electron chi connectivity index (χ2n) is 6.32. The van der Waals surface area contributed by atoms with Crippen LogP contribution >= 0.6 is 23.1 Å². The van der Waals surface area contributed by atoms with Crippen molar-refractivity contribution in [2.75, 3.05) is 31.8 Å². The lowest BCUT2D eigenvalue weighted by Gasteiger charge is -2.12. The first-order chi connectivity index (χ1) is 13.8. The molecule has 0 aliphatic carbocycles. The zero-order valence-electron chi connectivity index (χ0n) is 16.3. The first-order valence-electron chi connectivity index (χ1n) is 8.80. The predicted molar refractivity (Wildman–Crippen MR) is 118 cm³/mol. The van der Waals surface area contributed by atoms with E-state index >= 15 is 0 Å². The zero-order valence-corrected chi connectivity index (χ0v) is 18.8. The van der Waals surface area contributed by atoms with E-state index in [1.165, 1.54) is 35.3 Å². The minimum absolute atomic E-state index is 0.242. The van der Waals surface area contributed by atoms with Crippen LogP contribution in [0.2, 0.25) is 0 Å². The highest BCUT2D eigenvalue weighted by Crippen LogP contribution is 2.28. The molecule has 0 spiro atoms. The highest BCUT2D eigenvalue weighted by Gasteiger charge is 2.16. The Morgan fingerprint density at radius 1 is 1.07 bits per heavy atom. The van der Waals surface area contributed by atoms with E-state index < -0.39 is 10.0 Å². The molecule has 1 N–H and O–H groups in total. The van der Waals surface area contributed by atoms with Crippen molar-refractivity contribution in [3.8, 4) is 5.75 Å². The van der Waals surface area contributed by atoms with Crippen LogP contribution in [0.4, 0.5) is 10.8 Å². The number of anilines is 2. The van der Waals surface area contributed by atoms with Crippen LogP contribution in [0.5, 0.6) is 5.75 Å². The molecule has 0 atom stereocenters. The van der Waals surface area contributed by atoms with Crippen LogP contribution in [-0.4, -0.2) is 49.4 Å². The normalized spacial score (nSPS) is 11.6. The maximum Gasteiger partial charge on any atom is 0.242 e. The fraction of sp³-hybridized carbons (Fsp3) is 0.263.